The summed E-state index contributed by atoms with van der Waals surface area (Å²) in [6.45, 7) is 9.04. The summed E-state index contributed by atoms with van der Waals surface area (Å²) in [5.74, 6) is 1.16. The van der Waals surface area contributed by atoms with Gasteiger partial charge in [-0.1, -0.05) is 26.7 Å². The van der Waals surface area contributed by atoms with Gasteiger partial charge in [-0.25, -0.2) is 4.89 Å². The molecule has 1 aliphatic rings. The number of hydrogen-bond donors (Lipinski definition) is 1. The Hall–Kier alpha value is -0.610. The highest BCUT2D eigenvalue weighted by Gasteiger charge is 2.29. The zero-order valence-electron chi connectivity index (χ0n) is 10.6. The molecule has 0 aromatic heterocycles. The normalized spacial score (nSPS) is 16.3. The Morgan fingerprint density at radius 2 is 2.06 bits per heavy atom. The molecule has 1 rings (SSSR count). The predicted octanol–water partition coefficient (Wildman–Crippen LogP) is 1.80. The summed E-state index contributed by atoms with van der Waals surface area (Å²) in [5.41, 5.74) is 0. The molecule has 0 aromatic carbocycles. The third-order valence-corrected chi connectivity index (χ3v) is 3.13. The van der Waals surface area contributed by atoms with E-state index < -0.39 is 0 Å². The van der Waals surface area contributed by atoms with E-state index in [0.29, 0.717) is 6.61 Å². The molecule has 0 fully saturated rings. The first-order valence-corrected chi connectivity index (χ1v) is 6.45. The first-order valence-electron chi connectivity index (χ1n) is 6.45. The minimum atomic E-state index is 0.327. The lowest BCUT2D eigenvalue weighted by molar-refractivity contribution is -0.521. The molecule has 1 aliphatic heterocycles. The van der Waals surface area contributed by atoms with Gasteiger partial charge in [0.1, 0.15) is 13.1 Å². The monoisotopic (exact) mass is 229 g/mol. The van der Waals surface area contributed by atoms with Crippen LogP contribution in [0.4, 0.5) is 0 Å². The molecule has 0 saturated heterocycles. The first-order chi connectivity index (χ1) is 7.83. The molecule has 0 spiro atoms. The maximum Gasteiger partial charge on any atom is 0.276 e. The van der Waals surface area contributed by atoms with Gasteiger partial charge in [0.2, 0.25) is 0 Å². The Bertz CT molecular complexity index is 229. The van der Waals surface area contributed by atoms with Crippen LogP contribution in [0.3, 0.4) is 0 Å². The summed E-state index contributed by atoms with van der Waals surface area (Å²) < 4.78 is 2.34. The number of rotatable bonds is 8. The second-order valence-electron chi connectivity index (χ2n) is 4.37. The molecular weight excluding hydrogens is 204 g/mol. The SMILES string of the molecule is CCCCN1CC[N+](CCCC)=C1COO. The molecule has 16 heavy (non-hydrogen) atoms. The molecule has 0 aromatic rings. The van der Waals surface area contributed by atoms with Crippen LogP contribution in [0.15, 0.2) is 0 Å². The average molecular weight is 229 g/mol. The molecule has 4 heteroatoms. The summed E-state index contributed by atoms with van der Waals surface area (Å²) >= 11 is 0. The third-order valence-electron chi connectivity index (χ3n) is 3.13. The minimum absolute atomic E-state index is 0.327. The first kappa shape index (κ1) is 13.5. The van der Waals surface area contributed by atoms with Crippen molar-refractivity contribution in [2.24, 2.45) is 0 Å². The van der Waals surface area contributed by atoms with Crippen LogP contribution in [0.1, 0.15) is 39.5 Å². The van der Waals surface area contributed by atoms with Crippen LogP contribution in [-0.2, 0) is 4.89 Å². The lowest BCUT2D eigenvalue weighted by atomic mass is 10.3. The highest BCUT2D eigenvalue weighted by Crippen LogP contribution is 2.06. The summed E-state index contributed by atoms with van der Waals surface area (Å²) in [6, 6.07) is 0. The van der Waals surface area contributed by atoms with E-state index in [2.05, 4.69) is 28.2 Å². The summed E-state index contributed by atoms with van der Waals surface area (Å²) in [5, 5.41) is 8.64. The second-order valence-corrected chi connectivity index (χ2v) is 4.37. The van der Waals surface area contributed by atoms with Crippen molar-refractivity contribution in [3.05, 3.63) is 0 Å². The third kappa shape index (κ3) is 3.76. The van der Waals surface area contributed by atoms with Gasteiger partial charge in [-0.05, 0) is 12.8 Å². The summed E-state index contributed by atoms with van der Waals surface area (Å²) in [4.78, 5) is 6.67. The van der Waals surface area contributed by atoms with E-state index in [1.807, 2.05) is 0 Å². The standard InChI is InChI=1S/C12H24N2O2/c1-3-5-7-13-9-10-14(8-6-4-2)12(13)11-16-15/h3-11H2,1-2H3/p+1. The van der Waals surface area contributed by atoms with Crippen LogP contribution in [0.25, 0.3) is 0 Å². The molecule has 94 valence electrons. The van der Waals surface area contributed by atoms with E-state index in [4.69, 9.17) is 5.26 Å². The van der Waals surface area contributed by atoms with Crippen molar-refractivity contribution in [2.45, 2.75) is 39.5 Å². The van der Waals surface area contributed by atoms with Crippen molar-refractivity contribution in [3.8, 4) is 0 Å². The van der Waals surface area contributed by atoms with Gasteiger partial charge in [-0.15, -0.1) is 0 Å². The maximum absolute atomic E-state index is 8.64. The van der Waals surface area contributed by atoms with E-state index in [9.17, 15) is 0 Å². The molecule has 0 bridgehead atoms. The van der Waals surface area contributed by atoms with Crippen molar-refractivity contribution >= 4 is 5.84 Å². The van der Waals surface area contributed by atoms with Crippen molar-refractivity contribution in [2.75, 3.05) is 32.8 Å². The van der Waals surface area contributed by atoms with E-state index in [1.54, 1.807) is 0 Å². The van der Waals surface area contributed by atoms with Gasteiger partial charge < -0.3 is 0 Å². The zero-order chi connectivity index (χ0) is 11.8. The van der Waals surface area contributed by atoms with Crippen molar-refractivity contribution in [3.63, 3.8) is 0 Å². The molecule has 0 radical (unpaired) electrons. The quantitative estimate of drug-likeness (QED) is 0.392. The van der Waals surface area contributed by atoms with E-state index in [-0.39, 0.29) is 0 Å². The molecule has 0 atom stereocenters. The number of unbranched alkanes of at least 4 members (excludes halogenated alkanes) is 2. The number of amidine groups is 1. The minimum Gasteiger partial charge on any atom is -0.260 e. The van der Waals surface area contributed by atoms with E-state index >= 15 is 0 Å². The van der Waals surface area contributed by atoms with Crippen LogP contribution < -0.4 is 0 Å². The van der Waals surface area contributed by atoms with Crippen LogP contribution in [-0.4, -0.2) is 53.4 Å². The van der Waals surface area contributed by atoms with E-state index in [0.717, 1.165) is 32.0 Å². The summed E-state index contributed by atoms with van der Waals surface area (Å²) in [7, 11) is 0. The van der Waals surface area contributed by atoms with Gasteiger partial charge in [0.15, 0.2) is 6.61 Å². The summed E-state index contributed by atoms with van der Waals surface area (Å²) in [6.07, 6.45) is 4.82. The highest BCUT2D eigenvalue weighted by molar-refractivity contribution is 5.79. The molecule has 1 heterocycles. The van der Waals surface area contributed by atoms with Gasteiger partial charge in [0.25, 0.3) is 5.84 Å². The topological polar surface area (TPSA) is 35.7 Å². The smallest absolute Gasteiger partial charge is 0.260 e. The van der Waals surface area contributed by atoms with Crippen molar-refractivity contribution in [1.82, 2.24) is 4.90 Å². The molecule has 1 N–H and O–H groups in total. The lowest BCUT2D eigenvalue weighted by Crippen LogP contribution is -2.34. The van der Waals surface area contributed by atoms with Crippen LogP contribution in [0.2, 0.25) is 0 Å². The van der Waals surface area contributed by atoms with Crippen molar-refractivity contribution < 1.29 is 14.7 Å². The number of nitrogens with zero attached hydrogens (tertiary/aromatic N) is 2. The number of hydrogen-bond acceptors (Lipinski definition) is 3. The Morgan fingerprint density at radius 1 is 1.31 bits per heavy atom. The highest BCUT2D eigenvalue weighted by atomic mass is 17.1. The van der Waals surface area contributed by atoms with Crippen LogP contribution in [0, 0.1) is 0 Å². The Kier molecular flexibility index (Phi) is 6.42. The fourth-order valence-corrected chi connectivity index (χ4v) is 2.12. The average Bonchev–Trinajstić information content (AvgIpc) is 2.67. The van der Waals surface area contributed by atoms with E-state index in [1.165, 1.54) is 25.7 Å². The predicted molar refractivity (Wildman–Crippen MR) is 65.0 cm³/mol. The van der Waals surface area contributed by atoms with Crippen LogP contribution in [0.5, 0.6) is 0 Å². The lowest BCUT2D eigenvalue weighted by Gasteiger charge is -2.11. The largest absolute Gasteiger partial charge is 0.276 e. The Labute approximate surface area is 98.4 Å². The van der Waals surface area contributed by atoms with Gasteiger partial charge in [0.05, 0.1) is 13.1 Å². The van der Waals surface area contributed by atoms with Crippen molar-refractivity contribution in [1.29, 1.82) is 0 Å². The molecule has 0 aliphatic carbocycles. The Balaban J connectivity index is 2.55. The molecule has 4 nitrogen and oxygen atoms in total. The molecular formula is C12H25N2O2+. The maximum atomic E-state index is 8.64. The molecule has 0 unspecified atom stereocenters. The van der Waals surface area contributed by atoms with Gasteiger partial charge >= 0.3 is 0 Å². The zero-order valence-corrected chi connectivity index (χ0v) is 10.6. The molecule has 0 saturated carbocycles. The Morgan fingerprint density at radius 3 is 2.69 bits per heavy atom. The van der Waals surface area contributed by atoms with Gasteiger partial charge in [-0.3, -0.25) is 14.7 Å². The fraction of sp³-hybridized carbons (Fsp3) is 0.917. The van der Waals surface area contributed by atoms with Gasteiger partial charge in [0, 0.05) is 0 Å². The molecule has 0 amide bonds. The van der Waals surface area contributed by atoms with Crippen LogP contribution >= 0.6 is 0 Å². The fourth-order valence-electron chi connectivity index (χ4n) is 2.12. The van der Waals surface area contributed by atoms with Gasteiger partial charge in [-0.2, -0.15) is 0 Å². The second kappa shape index (κ2) is 7.63.